The normalized spacial score (nSPS) is 10.4. The van der Waals surface area contributed by atoms with E-state index in [9.17, 15) is 4.79 Å². The molecule has 0 aliphatic heterocycles. The van der Waals surface area contributed by atoms with Crippen LogP contribution < -0.4 is 15.4 Å². The number of hydrogen-bond donors (Lipinski definition) is 2. The molecule has 3 rings (SSSR count). The Labute approximate surface area is 168 Å². The molecule has 0 radical (unpaired) electrons. The molecule has 28 heavy (non-hydrogen) atoms. The molecular weight excluding hydrogens is 376 g/mol. The maximum Gasteiger partial charge on any atom is 0.270 e. The molecule has 1 aromatic heterocycles. The topological polar surface area (TPSA) is 76.1 Å². The van der Waals surface area contributed by atoms with Gasteiger partial charge >= 0.3 is 0 Å². The van der Waals surface area contributed by atoms with Gasteiger partial charge in [0, 0.05) is 29.7 Å². The number of ether oxygens (including phenoxy) is 1. The molecule has 6 nitrogen and oxygen atoms in total. The number of para-hydroxylation sites is 1. The molecule has 0 atom stereocenters. The van der Waals surface area contributed by atoms with Crippen molar-refractivity contribution in [2.75, 3.05) is 19.0 Å². The predicted molar refractivity (Wildman–Crippen MR) is 110 cm³/mol. The van der Waals surface area contributed by atoms with Crippen molar-refractivity contribution in [1.82, 2.24) is 15.3 Å². The van der Waals surface area contributed by atoms with Gasteiger partial charge in [-0.05, 0) is 30.2 Å². The second-order valence-electron chi connectivity index (χ2n) is 6.09. The van der Waals surface area contributed by atoms with Crippen LogP contribution in [0.1, 0.15) is 21.6 Å². The SMILES string of the molecule is COc1ccccc1CNc1cc(C(=O)NCCc2cccc(Cl)c2)ncn1. The van der Waals surface area contributed by atoms with E-state index in [0.29, 0.717) is 36.0 Å². The summed E-state index contributed by atoms with van der Waals surface area (Å²) in [5, 5.41) is 6.74. The second-order valence-corrected chi connectivity index (χ2v) is 6.53. The monoisotopic (exact) mass is 396 g/mol. The van der Waals surface area contributed by atoms with Gasteiger partial charge in [-0.15, -0.1) is 0 Å². The Kier molecular flexibility index (Phi) is 6.81. The lowest BCUT2D eigenvalue weighted by Gasteiger charge is -2.10. The minimum absolute atomic E-state index is 0.246. The van der Waals surface area contributed by atoms with Crippen molar-refractivity contribution in [1.29, 1.82) is 0 Å². The highest BCUT2D eigenvalue weighted by atomic mass is 35.5. The fourth-order valence-electron chi connectivity index (χ4n) is 2.72. The van der Waals surface area contributed by atoms with Gasteiger partial charge in [-0.3, -0.25) is 4.79 Å². The number of carbonyl (C=O) groups is 1. The number of rotatable bonds is 8. The largest absolute Gasteiger partial charge is 0.496 e. The van der Waals surface area contributed by atoms with Gasteiger partial charge in [0.25, 0.3) is 5.91 Å². The van der Waals surface area contributed by atoms with Gasteiger partial charge in [0.15, 0.2) is 0 Å². The zero-order valence-electron chi connectivity index (χ0n) is 15.5. The summed E-state index contributed by atoms with van der Waals surface area (Å²) < 4.78 is 5.34. The second kappa shape index (κ2) is 9.71. The van der Waals surface area contributed by atoms with E-state index < -0.39 is 0 Å². The molecule has 0 fully saturated rings. The van der Waals surface area contributed by atoms with Gasteiger partial charge in [0.05, 0.1) is 7.11 Å². The Balaban J connectivity index is 1.55. The standard InChI is InChI=1S/C21H21ClN4O2/c1-28-19-8-3-2-6-16(19)13-24-20-12-18(25-14-26-20)21(27)23-10-9-15-5-4-7-17(22)11-15/h2-8,11-12,14H,9-10,13H2,1H3,(H,23,27)(H,24,25,26). The lowest BCUT2D eigenvalue weighted by Crippen LogP contribution is -2.26. The van der Waals surface area contributed by atoms with Crippen LogP contribution in [0.2, 0.25) is 5.02 Å². The highest BCUT2D eigenvalue weighted by Gasteiger charge is 2.09. The number of methoxy groups -OCH3 is 1. The van der Waals surface area contributed by atoms with Crippen LogP contribution in [0.15, 0.2) is 60.9 Å². The Bertz CT molecular complexity index is 949. The van der Waals surface area contributed by atoms with Crippen LogP contribution in [0, 0.1) is 0 Å². The average Bonchev–Trinajstić information content (AvgIpc) is 2.72. The van der Waals surface area contributed by atoms with Crippen molar-refractivity contribution in [3.63, 3.8) is 0 Å². The van der Waals surface area contributed by atoms with Crippen LogP contribution in [-0.4, -0.2) is 29.5 Å². The van der Waals surface area contributed by atoms with Crippen LogP contribution in [0.25, 0.3) is 0 Å². The minimum Gasteiger partial charge on any atom is -0.496 e. The van der Waals surface area contributed by atoms with Crippen LogP contribution >= 0.6 is 11.6 Å². The first-order valence-corrected chi connectivity index (χ1v) is 9.24. The quantitative estimate of drug-likeness (QED) is 0.606. The van der Waals surface area contributed by atoms with Crippen molar-refractivity contribution < 1.29 is 9.53 Å². The first kappa shape index (κ1) is 19.6. The van der Waals surface area contributed by atoms with E-state index >= 15 is 0 Å². The molecule has 1 amide bonds. The molecule has 0 saturated heterocycles. The zero-order chi connectivity index (χ0) is 19.8. The molecule has 2 aromatic carbocycles. The molecule has 0 aliphatic carbocycles. The maximum absolute atomic E-state index is 12.4. The third-order valence-electron chi connectivity index (χ3n) is 4.14. The highest BCUT2D eigenvalue weighted by molar-refractivity contribution is 6.30. The van der Waals surface area contributed by atoms with Crippen molar-refractivity contribution >= 4 is 23.3 Å². The molecule has 0 saturated carbocycles. The third-order valence-corrected chi connectivity index (χ3v) is 4.38. The lowest BCUT2D eigenvalue weighted by molar-refractivity contribution is 0.0949. The Morgan fingerprint density at radius 3 is 2.79 bits per heavy atom. The van der Waals surface area contributed by atoms with Crippen LogP contribution in [0.5, 0.6) is 5.75 Å². The fourth-order valence-corrected chi connectivity index (χ4v) is 2.93. The van der Waals surface area contributed by atoms with Crippen LogP contribution in [-0.2, 0) is 13.0 Å². The third kappa shape index (κ3) is 5.44. The molecule has 1 heterocycles. The number of amides is 1. The summed E-state index contributed by atoms with van der Waals surface area (Å²) in [6.45, 7) is 1.02. The summed E-state index contributed by atoms with van der Waals surface area (Å²) in [6, 6.07) is 16.9. The van der Waals surface area contributed by atoms with E-state index in [1.807, 2.05) is 48.5 Å². The molecule has 3 aromatic rings. The molecule has 0 spiro atoms. The fraction of sp³-hybridized carbons (Fsp3) is 0.190. The Morgan fingerprint density at radius 1 is 1.11 bits per heavy atom. The summed E-state index contributed by atoms with van der Waals surface area (Å²) >= 11 is 5.97. The van der Waals surface area contributed by atoms with Crippen molar-refractivity contribution in [2.24, 2.45) is 0 Å². The summed E-state index contributed by atoms with van der Waals surface area (Å²) in [4.78, 5) is 20.6. The van der Waals surface area contributed by atoms with E-state index in [0.717, 1.165) is 16.9 Å². The van der Waals surface area contributed by atoms with Gasteiger partial charge in [0.1, 0.15) is 23.6 Å². The van der Waals surface area contributed by atoms with Gasteiger partial charge in [-0.2, -0.15) is 0 Å². The maximum atomic E-state index is 12.4. The first-order chi connectivity index (χ1) is 13.7. The van der Waals surface area contributed by atoms with Gasteiger partial charge in [0.2, 0.25) is 0 Å². The Hall–Kier alpha value is -3.12. The lowest BCUT2D eigenvalue weighted by atomic mass is 10.1. The van der Waals surface area contributed by atoms with Crippen LogP contribution in [0.4, 0.5) is 5.82 Å². The number of anilines is 1. The molecular formula is C21H21ClN4O2. The van der Waals surface area contributed by atoms with Gasteiger partial charge in [-0.25, -0.2) is 9.97 Å². The average molecular weight is 397 g/mol. The summed E-state index contributed by atoms with van der Waals surface area (Å²) in [5.74, 6) is 1.12. The smallest absolute Gasteiger partial charge is 0.270 e. The molecule has 7 heteroatoms. The number of nitrogens with one attached hydrogen (secondary N) is 2. The van der Waals surface area contributed by atoms with E-state index in [2.05, 4.69) is 20.6 Å². The summed E-state index contributed by atoms with van der Waals surface area (Å²) in [6.07, 6.45) is 2.06. The molecule has 0 unspecified atom stereocenters. The molecule has 0 aliphatic rings. The van der Waals surface area contributed by atoms with Crippen molar-refractivity contribution in [3.8, 4) is 5.75 Å². The van der Waals surface area contributed by atoms with Crippen LogP contribution in [0.3, 0.4) is 0 Å². The zero-order valence-corrected chi connectivity index (χ0v) is 16.2. The molecule has 144 valence electrons. The first-order valence-electron chi connectivity index (χ1n) is 8.86. The number of aromatic nitrogens is 2. The number of nitrogens with zero attached hydrogens (tertiary/aromatic N) is 2. The van der Waals surface area contributed by atoms with Crippen molar-refractivity contribution in [2.45, 2.75) is 13.0 Å². The predicted octanol–water partition coefficient (Wildman–Crippen LogP) is 3.72. The summed E-state index contributed by atoms with van der Waals surface area (Å²) in [5.41, 5.74) is 2.37. The number of carbonyl (C=O) groups excluding carboxylic acids is 1. The van der Waals surface area contributed by atoms with E-state index in [-0.39, 0.29) is 5.91 Å². The van der Waals surface area contributed by atoms with Gasteiger partial charge < -0.3 is 15.4 Å². The number of halogens is 1. The molecule has 2 N–H and O–H groups in total. The molecule has 0 bridgehead atoms. The van der Waals surface area contributed by atoms with E-state index in [4.69, 9.17) is 16.3 Å². The van der Waals surface area contributed by atoms with E-state index in [1.165, 1.54) is 6.33 Å². The van der Waals surface area contributed by atoms with Gasteiger partial charge in [-0.1, -0.05) is 41.9 Å². The summed E-state index contributed by atoms with van der Waals surface area (Å²) in [7, 11) is 1.63. The van der Waals surface area contributed by atoms with Crippen molar-refractivity contribution in [3.05, 3.63) is 82.8 Å². The Morgan fingerprint density at radius 2 is 1.96 bits per heavy atom. The minimum atomic E-state index is -0.246. The number of hydrogen-bond acceptors (Lipinski definition) is 5. The number of benzene rings is 2. The van der Waals surface area contributed by atoms with E-state index in [1.54, 1.807) is 13.2 Å². The highest BCUT2D eigenvalue weighted by Crippen LogP contribution is 2.18.